The second kappa shape index (κ2) is 8.29. The summed E-state index contributed by atoms with van der Waals surface area (Å²) in [6, 6.07) is 16.4. The topological polar surface area (TPSA) is 46.9 Å². The first kappa shape index (κ1) is 17.0. The Balaban J connectivity index is 1.53. The van der Waals surface area contributed by atoms with E-state index in [-0.39, 0.29) is 5.91 Å². The van der Waals surface area contributed by atoms with Crippen molar-refractivity contribution in [1.82, 2.24) is 9.55 Å². The van der Waals surface area contributed by atoms with Crippen molar-refractivity contribution in [2.24, 2.45) is 0 Å². The molecule has 0 fully saturated rings. The molecular formula is C21H23N3O. The predicted octanol–water partition coefficient (Wildman–Crippen LogP) is 4.07. The minimum atomic E-state index is 0.0411. The van der Waals surface area contributed by atoms with Gasteiger partial charge in [0.2, 0.25) is 5.91 Å². The Morgan fingerprint density at radius 1 is 1.08 bits per heavy atom. The molecule has 128 valence electrons. The van der Waals surface area contributed by atoms with E-state index < -0.39 is 0 Å². The first-order valence-electron chi connectivity index (χ1n) is 8.65. The normalized spacial score (nSPS) is 10.6. The molecular weight excluding hydrogens is 310 g/mol. The smallest absolute Gasteiger partial charge is 0.224 e. The summed E-state index contributed by atoms with van der Waals surface area (Å²) in [7, 11) is 0. The van der Waals surface area contributed by atoms with Crippen molar-refractivity contribution in [3.63, 3.8) is 0 Å². The number of imidazole rings is 1. The third-order valence-electron chi connectivity index (χ3n) is 4.21. The first-order valence-corrected chi connectivity index (χ1v) is 8.65. The molecule has 0 saturated heterocycles. The van der Waals surface area contributed by atoms with Gasteiger partial charge in [0.25, 0.3) is 0 Å². The number of carbonyl (C=O) groups excluding carboxylic acids is 1. The maximum Gasteiger partial charge on any atom is 0.224 e. The number of aryl methyl sites for hydroxylation is 2. The molecule has 3 rings (SSSR count). The highest BCUT2D eigenvalue weighted by atomic mass is 16.1. The molecule has 1 amide bonds. The van der Waals surface area contributed by atoms with Gasteiger partial charge < -0.3 is 9.88 Å². The summed E-state index contributed by atoms with van der Waals surface area (Å²) in [5.74, 6) is 0.0411. The van der Waals surface area contributed by atoms with Crippen LogP contribution in [0, 0.1) is 0 Å². The lowest BCUT2D eigenvalue weighted by atomic mass is 10.1. The monoisotopic (exact) mass is 333 g/mol. The molecule has 0 unspecified atom stereocenters. The van der Waals surface area contributed by atoms with Crippen LogP contribution in [0.25, 0.3) is 0 Å². The van der Waals surface area contributed by atoms with Gasteiger partial charge in [0.15, 0.2) is 0 Å². The van der Waals surface area contributed by atoms with Crippen molar-refractivity contribution in [1.29, 1.82) is 0 Å². The molecule has 0 spiro atoms. The van der Waals surface area contributed by atoms with Crippen LogP contribution in [0.5, 0.6) is 0 Å². The maximum atomic E-state index is 12.2. The summed E-state index contributed by atoms with van der Waals surface area (Å²) >= 11 is 0. The van der Waals surface area contributed by atoms with Crippen molar-refractivity contribution < 1.29 is 4.79 Å². The van der Waals surface area contributed by atoms with Crippen LogP contribution in [-0.4, -0.2) is 15.5 Å². The molecule has 25 heavy (non-hydrogen) atoms. The summed E-state index contributed by atoms with van der Waals surface area (Å²) in [6.45, 7) is 2.89. The number of amides is 1. The van der Waals surface area contributed by atoms with Crippen molar-refractivity contribution in [2.75, 3.05) is 5.32 Å². The van der Waals surface area contributed by atoms with Gasteiger partial charge in [-0.05, 0) is 41.7 Å². The van der Waals surface area contributed by atoms with Gasteiger partial charge in [-0.15, -0.1) is 0 Å². The van der Waals surface area contributed by atoms with Crippen LogP contribution in [-0.2, 0) is 24.2 Å². The lowest BCUT2D eigenvalue weighted by Gasteiger charge is -2.08. The molecule has 3 aromatic rings. The van der Waals surface area contributed by atoms with E-state index in [1.54, 1.807) is 12.5 Å². The molecule has 0 aliphatic carbocycles. The Hall–Kier alpha value is -2.88. The van der Waals surface area contributed by atoms with Crippen LogP contribution in [0.15, 0.2) is 67.3 Å². The number of nitrogens with one attached hydrogen (secondary N) is 1. The number of hydrogen-bond donors (Lipinski definition) is 1. The predicted molar refractivity (Wildman–Crippen MR) is 101 cm³/mol. The highest BCUT2D eigenvalue weighted by Crippen LogP contribution is 2.13. The van der Waals surface area contributed by atoms with Crippen LogP contribution in [0.3, 0.4) is 0 Å². The zero-order valence-corrected chi connectivity index (χ0v) is 14.5. The molecule has 4 nitrogen and oxygen atoms in total. The van der Waals surface area contributed by atoms with Crippen LogP contribution >= 0.6 is 0 Å². The molecule has 0 aliphatic heterocycles. The Labute approximate surface area is 148 Å². The lowest BCUT2D eigenvalue weighted by Crippen LogP contribution is -2.12. The fraction of sp³-hybridized carbons (Fsp3) is 0.238. The first-order chi connectivity index (χ1) is 12.2. The largest absolute Gasteiger partial charge is 0.333 e. The minimum absolute atomic E-state index is 0.0411. The Bertz CT molecular complexity index is 807. The fourth-order valence-electron chi connectivity index (χ4n) is 2.76. The molecule has 1 heterocycles. The number of carbonyl (C=O) groups is 1. The van der Waals surface area contributed by atoms with E-state index in [1.165, 1.54) is 11.1 Å². The quantitative estimate of drug-likeness (QED) is 0.708. The van der Waals surface area contributed by atoms with Crippen molar-refractivity contribution in [2.45, 2.75) is 32.7 Å². The maximum absolute atomic E-state index is 12.2. The third kappa shape index (κ3) is 5.05. The summed E-state index contributed by atoms with van der Waals surface area (Å²) in [4.78, 5) is 16.3. The molecule has 0 bridgehead atoms. The molecule has 0 saturated carbocycles. The number of hydrogen-bond acceptors (Lipinski definition) is 2. The van der Waals surface area contributed by atoms with Gasteiger partial charge >= 0.3 is 0 Å². The van der Waals surface area contributed by atoms with E-state index in [9.17, 15) is 4.79 Å². The van der Waals surface area contributed by atoms with Crippen LogP contribution in [0.4, 0.5) is 5.69 Å². The van der Waals surface area contributed by atoms with Crippen molar-refractivity contribution >= 4 is 11.6 Å². The van der Waals surface area contributed by atoms with E-state index in [0.29, 0.717) is 6.42 Å². The van der Waals surface area contributed by atoms with Crippen LogP contribution in [0.2, 0.25) is 0 Å². The number of nitrogens with zero attached hydrogens (tertiary/aromatic N) is 2. The van der Waals surface area contributed by atoms with E-state index in [2.05, 4.69) is 41.5 Å². The zero-order valence-electron chi connectivity index (χ0n) is 14.5. The average Bonchev–Trinajstić information content (AvgIpc) is 3.14. The fourth-order valence-corrected chi connectivity index (χ4v) is 2.76. The van der Waals surface area contributed by atoms with Gasteiger partial charge in [0.05, 0.1) is 6.33 Å². The lowest BCUT2D eigenvalue weighted by molar-refractivity contribution is -0.116. The van der Waals surface area contributed by atoms with Crippen LogP contribution in [0.1, 0.15) is 30.0 Å². The molecule has 0 atom stereocenters. The molecule has 1 N–H and O–H groups in total. The molecule has 2 aromatic carbocycles. The van der Waals surface area contributed by atoms with Gasteiger partial charge in [-0.2, -0.15) is 0 Å². The minimum Gasteiger partial charge on any atom is -0.333 e. The molecule has 0 aliphatic rings. The second-order valence-corrected chi connectivity index (χ2v) is 6.15. The van der Waals surface area contributed by atoms with Gasteiger partial charge in [-0.25, -0.2) is 4.98 Å². The summed E-state index contributed by atoms with van der Waals surface area (Å²) in [5, 5.41) is 2.99. The van der Waals surface area contributed by atoms with E-state index >= 15 is 0 Å². The van der Waals surface area contributed by atoms with Gasteiger partial charge in [0, 0.05) is 31.0 Å². The number of benzene rings is 2. The number of aromatic nitrogens is 2. The zero-order chi connectivity index (χ0) is 17.5. The molecule has 1 aromatic heterocycles. The van der Waals surface area contributed by atoms with E-state index in [1.807, 2.05) is 35.0 Å². The Morgan fingerprint density at radius 3 is 2.60 bits per heavy atom. The van der Waals surface area contributed by atoms with E-state index in [4.69, 9.17) is 0 Å². The Kier molecular flexibility index (Phi) is 5.62. The highest BCUT2D eigenvalue weighted by Gasteiger charge is 2.04. The van der Waals surface area contributed by atoms with Crippen molar-refractivity contribution in [3.05, 3.63) is 83.9 Å². The van der Waals surface area contributed by atoms with Gasteiger partial charge in [-0.3, -0.25) is 4.79 Å². The summed E-state index contributed by atoms with van der Waals surface area (Å²) in [5.41, 5.74) is 4.49. The van der Waals surface area contributed by atoms with E-state index in [0.717, 1.165) is 30.6 Å². The van der Waals surface area contributed by atoms with Crippen LogP contribution < -0.4 is 5.32 Å². The van der Waals surface area contributed by atoms with Crippen molar-refractivity contribution in [3.8, 4) is 0 Å². The second-order valence-electron chi connectivity index (χ2n) is 6.15. The highest BCUT2D eigenvalue weighted by molar-refractivity contribution is 5.90. The summed E-state index contributed by atoms with van der Waals surface area (Å²) < 4.78 is 2.00. The molecule has 4 heteroatoms. The SMILES string of the molecule is CCc1ccc(CCC(=O)Nc2cccc(Cn3ccnc3)c2)cc1. The number of rotatable bonds is 7. The third-order valence-corrected chi connectivity index (χ3v) is 4.21. The standard InChI is InChI=1S/C21H23N3O/c1-2-17-6-8-18(9-7-17)10-11-21(25)23-20-5-3-4-19(14-20)15-24-13-12-22-16-24/h3-9,12-14,16H,2,10-11,15H2,1H3,(H,23,25). The Morgan fingerprint density at radius 2 is 1.88 bits per heavy atom. The van der Waals surface area contributed by atoms with Gasteiger partial charge in [0.1, 0.15) is 0 Å². The number of anilines is 1. The average molecular weight is 333 g/mol. The summed E-state index contributed by atoms with van der Waals surface area (Å²) in [6.07, 6.45) is 7.75. The molecule has 0 radical (unpaired) electrons. The van der Waals surface area contributed by atoms with Gasteiger partial charge in [-0.1, -0.05) is 43.3 Å².